The van der Waals surface area contributed by atoms with E-state index in [0.29, 0.717) is 12.5 Å². The van der Waals surface area contributed by atoms with E-state index in [2.05, 4.69) is 17.0 Å². The molecule has 1 aliphatic heterocycles. The van der Waals surface area contributed by atoms with Gasteiger partial charge in [0, 0.05) is 6.54 Å². The summed E-state index contributed by atoms with van der Waals surface area (Å²) >= 11 is 0. The standard InChI is InChI=1S/C15H21FN2O/c1-2-12-11-14(16)3-4-15(12)13-5-8-18(9-6-13)10-7-17-19/h3-4,11,13H,2,5-10H2,1H3. The first-order chi connectivity index (χ1) is 9.24. The number of rotatable bonds is 5. The first kappa shape index (κ1) is 14.1. The van der Waals surface area contributed by atoms with Crippen molar-refractivity contribution in [2.75, 3.05) is 26.2 Å². The zero-order valence-electron chi connectivity index (χ0n) is 11.4. The smallest absolute Gasteiger partial charge is 0.123 e. The van der Waals surface area contributed by atoms with E-state index in [4.69, 9.17) is 0 Å². The largest absolute Gasteiger partial charge is 0.301 e. The summed E-state index contributed by atoms with van der Waals surface area (Å²) in [6.07, 6.45) is 3.04. The molecule has 1 saturated heterocycles. The van der Waals surface area contributed by atoms with Crippen molar-refractivity contribution < 1.29 is 4.39 Å². The second-order valence-electron chi connectivity index (χ2n) is 5.17. The highest BCUT2D eigenvalue weighted by Crippen LogP contribution is 2.31. The maximum absolute atomic E-state index is 13.3. The molecule has 0 radical (unpaired) electrons. The first-order valence-corrected chi connectivity index (χ1v) is 7.04. The van der Waals surface area contributed by atoms with Gasteiger partial charge in [-0.3, -0.25) is 0 Å². The third-order valence-corrected chi connectivity index (χ3v) is 4.02. The molecule has 1 fully saturated rings. The minimum atomic E-state index is -0.143. The van der Waals surface area contributed by atoms with Gasteiger partial charge in [-0.05, 0) is 61.5 Å². The van der Waals surface area contributed by atoms with E-state index >= 15 is 0 Å². The molecule has 104 valence electrons. The van der Waals surface area contributed by atoms with Gasteiger partial charge in [0.05, 0.1) is 6.54 Å². The fourth-order valence-corrected chi connectivity index (χ4v) is 2.93. The maximum Gasteiger partial charge on any atom is 0.123 e. The second kappa shape index (κ2) is 6.75. The maximum atomic E-state index is 13.3. The number of hydrogen-bond donors (Lipinski definition) is 0. The Morgan fingerprint density at radius 1 is 1.37 bits per heavy atom. The normalized spacial score (nSPS) is 17.6. The van der Waals surface area contributed by atoms with Crippen LogP contribution in [0.4, 0.5) is 4.39 Å². The van der Waals surface area contributed by atoms with Gasteiger partial charge in [-0.1, -0.05) is 18.2 Å². The van der Waals surface area contributed by atoms with Crippen LogP contribution in [0.2, 0.25) is 0 Å². The summed E-state index contributed by atoms with van der Waals surface area (Å²) in [5, 5.41) is 2.91. The minimum Gasteiger partial charge on any atom is -0.301 e. The lowest BCUT2D eigenvalue weighted by atomic mass is 9.86. The summed E-state index contributed by atoms with van der Waals surface area (Å²) in [7, 11) is 0. The Bertz CT molecular complexity index is 428. The number of benzene rings is 1. The zero-order chi connectivity index (χ0) is 13.7. The van der Waals surface area contributed by atoms with Gasteiger partial charge in [0.2, 0.25) is 0 Å². The van der Waals surface area contributed by atoms with Crippen molar-refractivity contribution in [2.24, 2.45) is 5.18 Å². The minimum absolute atomic E-state index is 0.143. The van der Waals surface area contributed by atoms with Crippen LogP contribution in [-0.2, 0) is 6.42 Å². The molecule has 3 nitrogen and oxygen atoms in total. The molecule has 1 aromatic rings. The highest BCUT2D eigenvalue weighted by Gasteiger charge is 2.22. The van der Waals surface area contributed by atoms with E-state index in [1.807, 2.05) is 6.07 Å². The summed E-state index contributed by atoms with van der Waals surface area (Å²) in [5.41, 5.74) is 2.44. The average Bonchev–Trinajstić information content (AvgIpc) is 2.45. The Hall–Kier alpha value is -1.29. The van der Waals surface area contributed by atoms with Crippen LogP contribution in [0.3, 0.4) is 0 Å². The molecule has 1 aromatic carbocycles. The molecule has 19 heavy (non-hydrogen) atoms. The fourth-order valence-electron chi connectivity index (χ4n) is 2.93. The molecule has 0 amide bonds. The molecule has 1 heterocycles. The third kappa shape index (κ3) is 3.60. The number of nitrogens with zero attached hydrogens (tertiary/aromatic N) is 2. The van der Waals surface area contributed by atoms with Crippen LogP contribution in [0, 0.1) is 10.7 Å². The lowest BCUT2D eigenvalue weighted by molar-refractivity contribution is 0.217. The topological polar surface area (TPSA) is 32.7 Å². The van der Waals surface area contributed by atoms with E-state index in [1.54, 1.807) is 12.1 Å². The number of hydrogen-bond acceptors (Lipinski definition) is 3. The predicted octanol–water partition coefficient (Wildman–Crippen LogP) is 3.33. The van der Waals surface area contributed by atoms with Crippen LogP contribution in [0.25, 0.3) is 0 Å². The van der Waals surface area contributed by atoms with E-state index < -0.39 is 0 Å². The number of piperidine rings is 1. The van der Waals surface area contributed by atoms with Crippen molar-refractivity contribution in [2.45, 2.75) is 32.1 Å². The van der Waals surface area contributed by atoms with Crippen LogP contribution in [-0.4, -0.2) is 31.1 Å². The Morgan fingerprint density at radius 3 is 2.74 bits per heavy atom. The Balaban J connectivity index is 1.99. The van der Waals surface area contributed by atoms with Crippen molar-refractivity contribution in [3.63, 3.8) is 0 Å². The predicted molar refractivity (Wildman–Crippen MR) is 74.9 cm³/mol. The van der Waals surface area contributed by atoms with Gasteiger partial charge in [-0.15, -0.1) is 0 Å². The van der Waals surface area contributed by atoms with Crippen molar-refractivity contribution >= 4 is 0 Å². The molecule has 4 heteroatoms. The van der Waals surface area contributed by atoms with Crippen molar-refractivity contribution in [1.82, 2.24) is 4.90 Å². The quantitative estimate of drug-likeness (QED) is 0.764. The molecule has 0 N–H and O–H groups in total. The van der Waals surface area contributed by atoms with Crippen LogP contribution in [0.15, 0.2) is 23.4 Å². The molecule has 1 aliphatic rings. The molecule has 0 atom stereocenters. The van der Waals surface area contributed by atoms with Gasteiger partial charge in [-0.25, -0.2) is 4.39 Å². The Morgan fingerprint density at radius 2 is 2.11 bits per heavy atom. The molecule has 0 saturated carbocycles. The molecule has 2 rings (SSSR count). The van der Waals surface area contributed by atoms with Crippen LogP contribution in [0.5, 0.6) is 0 Å². The fraction of sp³-hybridized carbons (Fsp3) is 0.600. The van der Waals surface area contributed by atoms with Gasteiger partial charge >= 0.3 is 0 Å². The zero-order valence-corrected chi connectivity index (χ0v) is 11.4. The summed E-state index contributed by atoms with van der Waals surface area (Å²) < 4.78 is 13.3. The van der Waals surface area contributed by atoms with E-state index in [0.717, 1.165) is 44.5 Å². The Labute approximate surface area is 113 Å². The van der Waals surface area contributed by atoms with Gasteiger partial charge in [0.1, 0.15) is 5.82 Å². The molecule has 0 aromatic heterocycles. The van der Waals surface area contributed by atoms with Crippen LogP contribution >= 0.6 is 0 Å². The Kier molecular flexibility index (Phi) is 5.02. The van der Waals surface area contributed by atoms with Crippen LogP contribution < -0.4 is 0 Å². The van der Waals surface area contributed by atoms with Gasteiger partial charge < -0.3 is 4.90 Å². The average molecular weight is 264 g/mol. The summed E-state index contributed by atoms with van der Waals surface area (Å²) in [4.78, 5) is 12.4. The van der Waals surface area contributed by atoms with Crippen LogP contribution in [0.1, 0.15) is 36.8 Å². The van der Waals surface area contributed by atoms with Gasteiger partial charge in [0.15, 0.2) is 0 Å². The second-order valence-corrected chi connectivity index (χ2v) is 5.17. The monoisotopic (exact) mass is 264 g/mol. The van der Waals surface area contributed by atoms with Gasteiger partial charge in [0.25, 0.3) is 0 Å². The summed E-state index contributed by atoms with van der Waals surface area (Å²) in [6, 6.07) is 5.18. The highest BCUT2D eigenvalue weighted by molar-refractivity contribution is 5.31. The number of nitroso groups, excluding NO2 is 1. The third-order valence-electron chi connectivity index (χ3n) is 4.02. The van der Waals surface area contributed by atoms with Crippen molar-refractivity contribution in [3.8, 4) is 0 Å². The number of halogens is 1. The molecule has 0 bridgehead atoms. The molecular formula is C15H21FN2O. The van der Waals surface area contributed by atoms with E-state index in [-0.39, 0.29) is 5.82 Å². The lowest BCUT2D eigenvalue weighted by Gasteiger charge is -2.32. The molecule has 0 aliphatic carbocycles. The number of likely N-dealkylation sites (tertiary alicyclic amines) is 1. The molecular weight excluding hydrogens is 243 g/mol. The lowest BCUT2D eigenvalue weighted by Crippen LogP contribution is -2.34. The van der Waals surface area contributed by atoms with E-state index in [9.17, 15) is 9.30 Å². The SMILES string of the molecule is CCc1cc(F)ccc1C1CCN(CCN=O)CC1. The molecule has 0 unspecified atom stereocenters. The number of aryl methyl sites for hydroxylation is 1. The summed E-state index contributed by atoms with van der Waals surface area (Å²) in [6.45, 7) is 5.21. The summed E-state index contributed by atoms with van der Waals surface area (Å²) in [5.74, 6) is 0.381. The van der Waals surface area contributed by atoms with Gasteiger partial charge in [-0.2, -0.15) is 4.91 Å². The highest BCUT2D eigenvalue weighted by atomic mass is 19.1. The van der Waals surface area contributed by atoms with E-state index in [1.165, 1.54) is 5.56 Å². The molecule has 0 spiro atoms. The van der Waals surface area contributed by atoms with Crippen molar-refractivity contribution in [1.29, 1.82) is 0 Å². The first-order valence-electron chi connectivity index (χ1n) is 7.04. The van der Waals surface area contributed by atoms with Crippen molar-refractivity contribution in [3.05, 3.63) is 40.1 Å².